The number of carbonyl (C=O) groups excluding carboxylic acids is 1. The van der Waals surface area contributed by atoms with Gasteiger partial charge in [0.05, 0.1) is 6.61 Å². The van der Waals surface area contributed by atoms with Crippen molar-refractivity contribution in [1.29, 1.82) is 0 Å². The first kappa shape index (κ1) is 20.7. The van der Waals surface area contributed by atoms with Crippen LogP contribution in [0, 0.1) is 5.92 Å². The van der Waals surface area contributed by atoms with E-state index in [9.17, 15) is 4.79 Å². The highest BCUT2D eigenvalue weighted by molar-refractivity contribution is 7.99. The van der Waals surface area contributed by atoms with E-state index in [0.717, 1.165) is 30.4 Å². The standard InChI is InChI=1S/C23H30N2O2S/c1-25-15-12-19(13-16-25)11-14-24-23(26)20-7-9-21(10-8-20)27-17-18-28-22-5-3-2-4-6-22/h2-10,19H,11-18H2,1H3,(H,24,26). The molecular formula is C23H30N2O2S. The zero-order valence-electron chi connectivity index (χ0n) is 16.6. The Balaban J connectivity index is 1.33. The summed E-state index contributed by atoms with van der Waals surface area (Å²) in [6.07, 6.45) is 3.54. The highest BCUT2D eigenvalue weighted by Crippen LogP contribution is 2.19. The van der Waals surface area contributed by atoms with Crippen molar-refractivity contribution in [3.63, 3.8) is 0 Å². The third-order valence-electron chi connectivity index (χ3n) is 5.16. The molecule has 0 aromatic heterocycles. The van der Waals surface area contributed by atoms with Crippen molar-refractivity contribution < 1.29 is 9.53 Å². The SMILES string of the molecule is CN1CCC(CCNC(=O)c2ccc(OCCSc3ccccc3)cc2)CC1. The summed E-state index contributed by atoms with van der Waals surface area (Å²) in [5.41, 5.74) is 0.689. The number of likely N-dealkylation sites (tertiary alicyclic amines) is 1. The third-order valence-corrected chi connectivity index (χ3v) is 6.13. The van der Waals surface area contributed by atoms with E-state index in [4.69, 9.17) is 4.74 Å². The second kappa shape index (κ2) is 11.1. The molecule has 1 fully saturated rings. The molecule has 0 radical (unpaired) electrons. The highest BCUT2D eigenvalue weighted by Gasteiger charge is 2.16. The van der Waals surface area contributed by atoms with Gasteiger partial charge >= 0.3 is 0 Å². The fraction of sp³-hybridized carbons (Fsp3) is 0.435. The lowest BCUT2D eigenvalue weighted by molar-refractivity contribution is 0.0949. The fourth-order valence-electron chi connectivity index (χ4n) is 3.38. The minimum absolute atomic E-state index is 0.000823. The van der Waals surface area contributed by atoms with Crippen LogP contribution < -0.4 is 10.1 Å². The summed E-state index contributed by atoms with van der Waals surface area (Å²) in [7, 11) is 2.17. The topological polar surface area (TPSA) is 41.6 Å². The largest absolute Gasteiger partial charge is 0.493 e. The molecule has 2 aromatic carbocycles. The minimum Gasteiger partial charge on any atom is -0.493 e. The molecule has 3 rings (SSSR count). The summed E-state index contributed by atoms with van der Waals surface area (Å²) in [5.74, 6) is 2.43. The number of thioether (sulfide) groups is 1. The van der Waals surface area contributed by atoms with Crippen molar-refractivity contribution in [3.05, 3.63) is 60.2 Å². The van der Waals surface area contributed by atoms with E-state index in [1.165, 1.54) is 30.8 Å². The molecule has 150 valence electrons. The van der Waals surface area contributed by atoms with Crippen molar-refractivity contribution in [2.75, 3.05) is 39.0 Å². The van der Waals surface area contributed by atoms with E-state index in [1.807, 2.05) is 42.5 Å². The van der Waals surface area contributed by atoms with Gasteiger partial charge in [0.1, 0.15) is 5.75 Å². The van der Waals surface area contributed by atoms with Crippen molar-refractivity contribution in [1.82, 2.24) is 10.2 Å². The molecule has 0 unspecified atom stereocenters. The first-order valence-corrected chi connectivity index (χ1v) is 11.1. The lowest BCUT2D eigenvalue weighted by atomic mass is 9.94. The Labute approximate surface area is 172 Å². The Hall–Kier alpha value is -1.98. The highest BCUT2D eigenvalue weighted by atomic mass is 32.2. The van der Waals surface area contributed by atoms with Crippen molar-refractivity contribution in [2.45, 2.75) is 24.2 Å². The third kappa shape index (κ3) is 6.88. The summed E-state index contributed by atoms with van der Waals surface area (Å²) in [6.45, 7) is 3.73. The zero-order chi connectivity index (χ0) is 19.6. The van der Waals surface area contributed by atoms with Gasteiger partial charge in [-0.1, -0.05) is 18.2 Å². The van der Waals surface area contributed by atoms with E-state index < -0.39 is 0 Å². The molecule has 2 aromatic rings. The Morgan fingerprint density at radius 1 is 1.11 bits per heavy atom. The minimum atomic E-state index is -0.000823. The van der Waals surface area contributed by atoms with Crippen LogP contribution in [-0.2, 0) is 0 Å². The molecule has 0 bridgehead atoms. The number of rotatable bonds is 9. The average molecular weight is 399 g/mol. The van der Waals surface area contributed by atoms with Gasteiger partial charge in [0, 0.05) is 22.8 Å². The number of hydrogen-bond donors (Lipinski definition) is 1. The molecular weight excluding hydrogens is 368 g/mol. The van der Waals surface area contributed by atoms with Crippen LogP contribution in [0.5, 0.6) is 5.75 Å². The summed E-state index contributed by atoms with van der Waals surface area (Å²) < 4.78 is 5.78. The van der Waals surface area contributed by atoms with Gasteiger partial charge in [-0.25, -0.2) is 0 Å². The van der Waals surface area contributed by atoms with Crippen LogP contribution in [-0.4, -0.2) is 49.8 Å². The second-order valence-electron chi connectivity index (χ2n) is 7.33. The van der Waals surface area contributed by atoms with E-state index in [2.05, 4.69) is 29.4 Å². The van der Waals surface area contributed by atoms with Crippen LogP contribution in [0.15, 0.2) is 59.5 Å². The molecule has 1 heterocycles. The molecule has 0 saturated carbocycles. The molecule has 4 nitrogen and oxygen atoms in total. The molecule has 1 aliphatic heterocycles. The number of hydrogen-bond acceptors (Lipinski definition) is 4. The van der Waals surface area contributed by atoms with E-state index in [1.54, 1.807) is 11.8 Å². The summed E-state index contributed by atoms with van der Waals surface area (Å²) >= 11 is 1.78. The Morgan fingerprint density at radius 2 is 1.82 bits per heavy atom. The number of amides is 1. The number of ether oxygens (including phenoxy) is 1. The quantitative estimate of drug-likeness (QED) is 0.505. The maximum atomic E-state index is 12.3. The maximum absolute atomic E-state index is 12.3. The molecule has 1 N–H and O–H groups in total. The number of benzene rings is 2. The van der Waals surface area contributed by atoms with E-state index in [-0.39, 0.29) is 5.91 Å². The normalized spacial score (nSPS) is 15.3. The van der Waals surface area contributed by atoms with Gasteiger partial charge in [-0.15, -0.1) is 11.8 Å². The van der Waals surface area contributed by atoms with Gasteiger partial charge in [-0.05, 0) is 81.7 Å². The van der Waals surface area contributed by atoms with Crippen LogP contribution in [0.4, 0.5) is 0 Å². The monoisotopic (exact) mass is 398 g/mol. The second-order valence-corrected chi connectivity index (χ2v) is 8.49. The van der Waals surface area contributed by atoms with Gasteiger partial charge in [-0.3, -0.25) is 4.79 Å². The predicted molar refractivity (Wildman–Crippen MR) is 116 cm³/mol. The van der Waals surface area contributed by atoms with Crippen LogP contribution in [0.3, 0.4) is 0 Å². The van der Waals surface area contributed by atoms with Crippen molar-refractivity contribution >= 4 is 17.7 Å². The van der Waals surface area contributed by atoms with E-state index in [0.29, 0.717) is 12.2 Å². The Morgan fingerprint density at radius 3 is 2.54 bits per heavy atom. The summed E-state index contributed by atoms with van der Waals surface area (Å²) in [6, 6.07) is 17.7. The zero-order valence-corrected chi connectivity index (χ0v) is 17.4. The Kier molecular flexibility index (Phi) is 8.24. The Bertz CT molecular complexity index is 713. The maximum Gasteiger partial charge on any atom is 0.251 e. The lowest BCUT2D eigenvalue weighted by Gasteiger charge is -2.28. The van der Waals surface area contributed by atoms with Crippen LogP contribution >= 0.6 is 11.8 Å². The van der Waals surface area contributed by atoms with E-state index >= 15 is 0 Å². The van der Waals surface area contributed by atoms with Crippen LogP contribution in [0.1, 0.15) is 29.6 Å². The summed E-state index contributed by atoms with van der Waals surface area (Å²) in [5, 5.41) is 3.05. The van der Waals surface area contributed by atoms with Crippen LogP contribution in [0.2, 0.25) is 0 Å². The molecule has 0 aliphatic carbocycles. The van der Waals surface area contributed by atoms with Crippen LogP contribution in [0.25, 0.3) is 0 Å². The van der Waals surface area contributed by atoms with Crippen molar-refractivity contribution in [2.24, 2.45) is 5.92 Å². The molecule has 0 atom stereocenters. The lowest BCUT2D eigenvalue weighted by Crippen LogP contribution is -2.32. The average Bonchev–Trinajstić information content (AvgIpc) is 2.74. The molecule has 1 aliphatic rings. The van der Waals surface area contributed by atoms with Gasteiger partial charge in [0.2, 0.25) is 0 Å². The first-order chi connectivity index (χ1) is 13.7. The smallest absolute Gasteiger partial charge is 0.251 e. The molecule has 1 amide bonds. The van der Waals surface area contributed by atoms with Gasteiger partial charge in [0.15, 0.2) is 0 Å². The molecule has 5 heteroatoms. The van der Waals surface area contributed by atoms with Gasteiger partial charge in [-0.2, -0.15) is 0 Å². The predicted octanol–water partition coefficient (Wildman–Crippen LogP) is 4.32. The fourth-order valence-corrected chi connectivity index (χ4v) is 4.13. The summed E-state index contributed by atoms with van der Waals surface area (Å²) in [4.78, 5) is 15.9. The molecule has 0 spiro atoms. The molecule has 1 saturated heterocycles. The number of nitrogens with one attached hydrogen (secondary N) is 1. The van der Waals surface area contributed by atoms with Crippen molar-refractivity contribution in [3.8, 4) is 5.75 Å². The number of carbonyl (C=O) groups is 1. The number of nitrogens with zero attached hydrogens (tertiary/aromatic N) is 1. The van der Waals surface area contributed by atoms with Gasteiger partial charge in [0.25, 0.3) is 5.91 Å². The molecule has 28 heavy (non-hydrogen) atoms. The van der Waals surface area contributed by atoms with Gasteiger partial charge < -0.3 is 15.0 Å². The first-order valence-electron chi connectivity index (χ1n) is 10.1. The number of piperidine rings is 1.